The number of nitrogens with two attached hydrogens (primary N) is 2. The maximum Gasteiger partial charge on any atom is 0.219 e. The molecule has 0 aliphatic heterocycles. The van der Waals surface area contributed by atoms with E-state index in [2.05, 4.69) is 0 Å². The van der Waals surface area contributed by atoms with Gasteiger partial charge in [0.05, 0.1) is 6.61 Å². The van der Waals surface area contributed by atoms with Crippen molar-refractivity contribution in [2.45, 2.75) is 25.8 Å². The standard InChI is InChI=1S/C12H18N2O2/c1-2-6-16-10-5-3-4-9(7-10)11(13)8-12(14)15/h3-5,7,11H,2,6,8,13H2,1H3,(H2,14,15). The van der Waals surface area contributed by atoms with E-state index in [0.29, 0.717) is 6.61 Å². The van der Waals surface area contributed by atoms with Gasteiger partial charge in [-0.05, 0) is 24.1 Å². The zero-order valence-corrected chi connectivity index (χ0v) is 9.48. The largest absolute Gasteiger partial charge is 0.494 e. The van der Waals surface area contributed by atoms with E-state index in [-0.39, 0.29) is 12.5 Å². The van der Waals surface area contributed by atoms with Crippen LogP contribution in [0.5, 0.6) is 5.75 Å². The zero-order chi connectivity index (χ0) is 12.0. The third kappa shape index (κ3) is 3.90. The fraction of sp³-hybridized carbons (Fsp3) is 0.417. The first-order valence-corrected chi connectivity index (χ1v) is 5.40. The van der Waals surface area contributed by atoms with Crippen molar-refractivity contribution < 1.29 is 9.53 Å². The fourth-order valence-electron chi connectivity index (χ4n) is 1.39. The van der Waals surface area contributed by atoms with E-state index in [1.165, 1.54) is 0 Å². The highest BCUT2D eigenvalue weighted by atomic mass is 16.5. The molecule has 0 fully saturated rings. The molecule has 4 nitrogen and oxygen atoms in total. The van der Waals surface area contributed by atoms with Crippen LogP contribution in [0, 0.1) is 0 Å². The number of benzene rings is 1. The smallest absolute Gasteiger partial charge is 0.219 e. The van der Waals surface area contributed by atoms with Gasteiger partial charge in [-0.2, -0.15) is 0 Å². The van der Waals surface area contributed by atoms with Crippen molar-refractivity contribution in [1.29, 1.82) is 0 Å². The number of primary amides is 1. The molecule has 1 aromatic carbocycles. The lowest BCUT2D eigenvalue weighted by molar-refractivity contribution is -0.118. The lowest BCUT2D eigenvalue weighted by atomic mass is 10.0. The Hall–Kier alpha value is -1.55. The minimum atomic E-state index is -0.396. The van der Waals surface area contributed by atoms with Crippen molar-refractivity contribution >= 4 is 5.91 Å². The molecule has 0 aliphatic carbocycles. The Bertz CT molecular complexity index is 353. The quantitative estimate of drug-likeness (QED) is 0.762. The number of ether oxygens (including phenoxy) is 1. The average Bonchev–Trinajstić information content (AvgIpc) is 2.26. The summed E-state index contributed by atoms with van der Waals surface area (Å²) in [6.45, 7) is 2.72. The van der Waals surface area contributed by atoms with Gasteiger partial charge in [0.15, 0.2) is 0 Å². The predicted molar refractivity (Wildman–Crippen MR) is 63.0 cm³/mol. The van der Waals surface area contributed by atoms with E-state index in [9.17, 15) is 4.79 Å². The first-order chi connectivity index (χ1) is 7.63. The van der Waals surface area contributed by atoms with Crippen LogP contribution in [-0.4, -0.2) is 12.5 Å². The second kappa shape index (κ2) is 6.12. The first kappa shape index (κ1) is 12.5. The summed E-state index contributed by atoms with van der Waals surface area (Å²) in [5.74, 6) is 0.381. The van der Waals surface area contributed by atoms with Gasteiger partial charge in [0.2, 0.25) is 5.91 Å². The van der Waals surface area contributed by atoms with Gasteiger partial charge >= 0.3 is 0 Å². The molecule has 0 saturated heterocycles. The molecule has 1 aromatic rings. The van der Waals surface area contributed by atoms with E-state index in [1.807, 2.05) is 31.2 Å². The predicted octanol–water partition coefficient (Wildman–Crippen LogP) is 1.35. The third-order valence-corrected chi connectivity index (χ3v) is 2.18. The van der Waals surface area contributed by atoms with Gasteiger partial charge in [-0.3, -0.25) is 4.79 Å². The fourth-order valence-corrected chi connectivity index (χ4v) is 1.39. The molecule has 0 spiro atoms. The van der Waals surface area contributed by atoms with Crippen molar-refractivity contribution in [3.05, 3.63) is 29.8 Å². The summed E-state index contributed by atoms with van der Waals surface area (Å²) in [5, 5.41) is 0. The first-order valence-electron chi connectivity index (χ1n) is 5.40. The Labute approximate surface area is 95.6 Å². The lowest BCUT2D eigenvalue weighted by Crippen LogP contribution is -2.20. The highest BCUT2D eigenvalue weighted by Gasteiger charge is 2.09. The molecule has 16 heavy (non-hydrogen) atoms. The Kier molecular flexibility index (Phi) is 4.79. The van der Waals surface area contributed by atoms with Crippen LogP contribution in [0.15, 0.2) is 24.3 Å². The number of hydrogen-bond acceptors (Lipinski definition) is 3. The molecule has 0 saturated carbocycles. The summed E-state index contributed by atoms with van der Waals surface area (Å²) >= 11 is 0. The van der Waals surface area contributed by atoms with Crippen LogP contribution < -0.4 is 16.2 Å². The minimum Gasteiger partial charge on any atom is -0.494 e. The maximum absolute atomic E-state index is 10.8. The van der Waals surface area contributed by atoms with E-state index < -0.39 is 5.91 Å². The van der Waals surface area contributed by atoms with Gasteiger partial charge < -0.3 is 16.2 Å². The number of hydrogen-bond donors (Lipinski definition) is 2. The summed E-state index contributed by atoms with van der Waals surface area (Å²) in [6, 6.07) is 7.09. The monoisotopic (exact) mass is 222 g/mol. The Morgan fingerprint density at radius 2 is 2.25 bits per heavy atom. The van der Waals surface area contributed by atoms with E-state index in [0.717, 1.165) is 17.7 Å². The molecule has 4 heteroatoms. The summed E-state index contributed by atoms with van der Waals surface area (Å²) in [7, 11) is 0. The van der Waals surface area contributed by atoms with Crippen LogP contribution in [0.4, 0.5) is 0 Å². The molecule has 0 radical (unpaired) electrons. The zero-order valence-electron chi connectivity index (χ0n) is 9.48. The summed E-state index contributed by atoms with van der Waals surface area (Å²) in [6.07, 6.45) is 1.11. The van der Waals surface area contributed by atoms with E-state index in [1.54, 1.807) is 0 Å². The Balaban J connectivity index is 2.69. The number of rotatable bonds is 6. The van der Waals surface area contributed by atoms with Gasteiger partial charge in [0, 0.05) is 12.5 Å². The van der Waals surface area contributed by atoms with Gasteiger partial charge in [-0.25, -0.2) is 0 Å². The normalized spacial score (nSPS) is 12.1. The molecule has 0 aliphatic rings. The summed E-state index contributed by atoms with van der Waals surface area (Å²) in [4.78, 5) is 10.8. The second-order valence-corrected chi connectivity index (χ2v) is 3.70. The average molecular weight is 222 g/mol. The van der Waals surface area contributed by atoms with E-state index >= 15 is 0 Å². The number of amides is 1. The number of carbonyl (C=O) groups is 1. The van der Waals surface area contributed by atoms with Crippen molar-refractivity contribution in [1.82, 2.24) is 0 Å². The van der Waals surface area contributed by atoms with Crippen molar-refractivity contribution in [3.8, 4) is 5.75 Å². The Morgan fingerprint density at radius 1 is 1.50 bits per heavy atom. The molecule has 0 heterocycles. The highest BCUT2D eigenvalue weighted by molar-refractivity contribution is 5.74. The van der Waals surface area contributed by atoms with Crippen LogP contribution in [0.25, 0.3) is 0 Å². The maximum atomic E-state index is 10.8. The molecular formula is C12H18N2O2. The van der Waals surface area contributed by atoms with E-state index in [4.69, 9.17) is 16.2 Å². The molecule has 0 bridgehead atoms. The van der Waals surface area contributed by atoms with Crippen LogP contribution in [0.1, 0.15) is 31.4 Å². The van der Waals surface area contributed by atoms with Crippen LogP contribution in [0.2, 0.25) is 0 Å². The lowest BCUT2D eigenvalue weighted by Gasteiger charge is -2.11. The van der Waals surface area contributed by atoms with Gasteiger partial charge in [-0.1, -0.05) is 19.1 Å². The van der Waals surface area contributed by atoms with Gasteiger partial charge in [0.25, 0.3) is 0 Å². The summed E-state index contributed by atoms with van der Waals surface area (Å²) < 4.78 is 5.48. The summed E-state index contributed by atoms with van der Waals surface area (Å²) in [5.41, 5.74) is 11.8. The molecule has 1 amide bonds. The molecule has 1 atom stereocenters. The number of carbonyl (C=O) groups excluding carboxylic acids is 1. The SMILES string of the molecule is CCCOc1cccc(C(N)CC(N)=O)c1. The topological polar surface area (TPSA) is 78.3 Å². The molecule has 88 valence electrons. The molecule has 0 aromatic heterocycles. The molecule has 1 unspecified atom stereocenters. The van der Waals surface area contributed by atoms with Gasteiger partial charge in [0.1, 0.15) is 5.75 Å². The van der Waals surface area contributed by atoms with Crippen molar-refractivity contribution in [3.63, 3.8) is 0 Å². The second-order valence-electron chi connectivity index (χ2n) is 3.70. The Morgan fingerprint density at radius 3 is 2.88 bits per heavy atom. The molecule has 1 rings (SSSR count). The minimum absolute atomic E-state index is 0.150. The van der Waals surface area contributed by atoms with Crippen LogP contribution >= 0.6 is 0 Å². The van der Waals surface area contributed by atoms with Gasteiger partial charge in [-0.15, -0.1) is 0 Å². The van der Waals surface area contributed by atoms with Crippen LogP contribution in [-0.2, 0) is 4.79 Å². The van der Waals surface area contributed by atoms with Crippen LogP contribution in [0.3, 0.4) is 0 Å². The molecule has 4 N–H and O–H groups in total. The van der Waals surface area contributed by atoms with Crippen molar-refractivity contribution in [2.75, 3.05) is 6.61 Å². The molecular weight excluding hydrogens is 204 g/mol. The highest BCUT2D eigenvalue weighted by Crippen LogP contribution is 2.19. The third-order valence-electron chi connectivity index (χ3n) is 2.18. The van der Waals surface area contributed by atoms with Crippen molar-refractivity contribution in [2.24, 2.45) is 11.5 Å².